The van der Waals surface area contributed by atoms with Gasteiger partial charge in [0.2, 0.25) is 0 Å². The topological polar surface area (TPSA) is 83.8 Å². The van der Waals surface area contributed by atoms with Gasteiger partial charge in [-0.1, -0.05) is 30.3 Å². The highest BCUT2D eigenvalue weighted by Gasteiger charge is 2.01. The first kappa shape index (κ1) is 9.42. The van der Waals surface area contributed by atoms with Crippen LogP contribution in [0.2, 0.25) is 0 Å². The van der Waals surface area contributed by atoms with Gasteiger partial charge in [-0.25, -0.2) is 10.8 Å². The number of aromatic amines is 1. The number of aromatic nitrogens is 2. The fourth-order valence-corrected chi connectivity index (χ4v) is 1.26. The Morgan fingerprint density at radius 1 is 1.27 bits per heavy atom. The smallest absolute Gasteiger partial charge is 0.253 e. The highest BCUT2D eigenvalue weighted by molar-refractivity contribution is 5.56. The van der Waals surface area contributed by atoms with Crippen LogP contribution in [-0.4, -0.2) is 9.97 Å². The number of nitrogens with one attached hydrogen (secondary N) is 2. The van der Waals surface area contributed by atoms with Gasteiger partial charge in [0.25, 0.3) is 5.56 Å². The fraction of sp³-hybridized carbons (Fsp3) is 0. The lowest BCUT2D eigenvalue weighted by Gasteiger charge is -2.02. The Morgan fingerprint density at radius 2 is 2.00 bits per heavy atom. The van der Waals surface area contributed by atoms with E-state index in [9.17, 15) is 4.79 Å². The van der Waals surface area contributed by atoms with Gasteiger partial charge >= 0.3 is 0 Å². The first-order valence-corrected chi connectivity index (χ1v) is 4.43. The molecule has 2 aromatic rings. The second-order valence-corrected chi connectivity index (χ2v) is 2.99. The van der Waals surface area contributed by atoms with Crippen LogP contribution >= 0.6 is 0 Å². The maximum absolute atomic E-state index is 11.3. The van der Waals surface area contributed by atoms with Crippen LogP contribution in [0.3, 0.4) is 0 Å². The van der Waals surface area contributed by atoms with E-state index >= 15 is 0 Å². The third-order valence-corrected chi connectivity index (χ3v) is 1.94. The summed E-state index contributed by atoms with van der Waals surface area (Å²) in [7, 11) is 0. The van der Waals surface area contributed by atoms with Crippen molar-refractivity contribution in [1.29, 1.82) is 0 Å². The van der Waals surface area contributed by atoms with Gasteiger partial charge in [-0.2, -0.15) is 0 Å². The minimum atomic E-state index is -0.239. The van der Waals surface area contributed by atoms with Gasteiger partial charge in [0.05, 0.1) is 0 Å². The summed E-state index contributed by atoms with van der Waals surface area (Å²) in [6.45, 7) is 0. The number of anilines is 1. The summed E-state index contributed by atoms with van der Waals surface area (Å²) in [6, 6.07) is 10.7. The van der Waals surface area contributed by atoms with Gasteiger partial charge in [0, 0.05) is 11.6 Å². The summed E-state index contributed by atoms with van der Waals surface area (Å²) in [5.41, 5.74) is 2.95. The number of benzene rings is 1. The summed E-state index contributed by atoms with van der Waals surface area (Å²) in [5, 5.41) is 0. The Balaban J connectivity index is 2.54. The molecule has 5 heteroatoms. The molecule has 0 radical (unpaired) electrons. The van der Waals surface area contributed by atoms with Crippen LogP contribution < -0.4 is 16.8 Å². The zero-order valence-electron chi connectivity index (χ0n) is 7.90. The van der Waals surface area contributed by atoms with Crippen molar-refractivity contribution in [2.24, 2.45) is 5.84 Å². The van der Waals surface area contributed by atoms with E-state index in [4.69, 9.17) is 5.84 Å². The van der Waals surface area contributed by atoms with Crippen molar-refractivity contribution in [3.05, 3.63) is 46.8 Å². The summed E-state index contributed by atoms with van der Waals surface area (Å²) < 4.78 is 0. The zero-order chi connectivity index (χ0) is 10.7. The first-order chi connectivity index (χ1) is 7.29. The van der Waals surface area contributed by atoms with Crippen LogP contribution in [-0.2, 0) is 0 Å². The van der Waals surface area contributed by atoms with Gasteiger partial charge in [-0.15, -0.1) is 0 Å². The lowest BCUT2D eigenvalue weighted by atomic mass is 10.2. The van der Waals surface area contributed by atoms with Crippen molar-refractivity contribution in [1.82, 2.24) is 9.97 Å². The van der Waals surface area contributed by atoms with E-state index in [1.54, 1.807) is 0 Å². The molecule has 0 spiro atoms. The highest BCUT2D eigenvalue weighted by atomic mass is 16.1. The number of nitrogen functional groups attached to an aromatic ring is 1. The molecule has 0 saturated heterocycles. The molecule has 2 rings (SSSR count). The molecule has 0 saturated carbocycles. The fourth-order valence-electron chi connectivity index (χ4n) is 1.26. The van der Waals surface area contributed by atoms with Gasteiger partial charge in [-0.05, 0) is 0 Å². The molecule has 1 aromatic carbocycles. The molecule has 15 heavy (non-hydrogen) atoms. The van der Waals surface area contributed by atoms with Crippen LogP contribution in [0.15, 0.2) is 41.2 Å². The number of H-pyrrole nitrogens is 1. The van der Waals surface area contributed by atoms with E-state index in [1.165, 1.54) is 6.07 Å². The zero-order valence-corrected chi connectivity index (χ0v) is 7.90. The van der Waals surface area contributed by atoms with Crippen LogP contribution in [0, 0.1) is 0 Å². The van der Waals surface area contributed by atoms with Gasteiger partial charge < -0.3 is 10.4 Å². The molecular formula is C10H10N4O. The summed E-state index contributed by atoms with van der Waals surface area (Å²) in [6.07, 6.45) is 0. The van der Waals surface area contributed by atoms with Crippen molar-refractivity contribution >= 4 is 5.82 Å². The average Bonchev–Trinajstić information content (AvgIpc) is 2.29. The van der Waals surface area contributed by atoms with E-state index < -0.39 is 0 Å². The largest absolute Gasteiger partial charge is 0.308 e. The average molecular weight is 202 g/mol. The Kier molecular flexibility index (Phi) is 2.47. The molecule has 0 aliphatic heterocycles. The quantitative estimate of drug-likeness (QED) is 0.495. The molecule has 0 fully saturated rings. The number of rotatable bonds is 2. The molecule has 1 aromatic heterocycles. The molecule has 0 unspecified atom stereocenters. The van der Waals surface area contributed by atoms with Crippen LogP contribution in [0.5, 0.6) is 0 Å². The van der Waals surface area contributed by atoms with Gasteiger partial charge in [0.15, 0.2) is 0 Å². The van der Waals surface area contributed by atoms with Crippen LogP contribution in [0.4, 0.5) is 5.82 Å². The molecule has 76 valence electrons. The number of nitrogens with two attached hydrogens (primary N) is 1. The third kappa shape index (κ3) is 2.03. The molecule has 0 amide bonds. The predicted octanol–water partition coefficient (Wildman–Crippen LogP) is 0.723. The summed E-state index contributed by atoms with van der Waals surface area (Å²) in [5.74, 6) is 6.04. The van der Waals surface area contributed by atoms with Crippen molar-refractivity contribution in [3.8, 4) is 11.4 Å². The third-order valence-electron chi connectivity index (χ3n) is 1.94. The second kappa shape index (κ2) is 3.93. The van der Waals surface area contributed by atoms with Crippen LogP contribution in [0.25, 0.3) is 11.4 Å². The van der Waals surface area contributed by atoms with Crippen molar-refractivity contribution in [3.63, 3.8) is 0 Å². The maximum atomic E-state index is 11.3. The Labute approximate surface area is 85.9 Å². The second-order valence-electron chi connectivity index (χ2n) is 2.99. The number of nitrogens with zero attached hydrogens (tertiary/aromatic N) is 1. The normalized spacial score (nSPS) is 9.93. The Bertz CT molecular complexity index is 506. The molecule has 0 aliphatic carbocycles. The molecule has 0 atom stereocenters. The number of hydrogen-bond donors (Lipinski definition) is 3. The molecule has 4 N–H and O–H groups in total. The van der Waals surface area contributed by atoms with E-state index in [1.807, 2.05) is 30.3 Å². The molecule has 0 bridgehead atoms. The monoisotopic (exact) mass is 202 g/mol. The van der Waals surface area contributed by atoms with Crippen molar-refractivity contribution in [2.75, 3.05) is 5.43 Å². The molecule has 0 aliphatic rings. The van der Waals surface area contributed by atoms with E-state index in [0.29, 0.717) is 11.6 Å². The molecule has 5 nitrogen and oxygen atoms in total. The minimum Gasteiger partial charge on any atom is -0.308 e. The SMILES string of the molecule is NNc1cc(=O)[nH]c(-c2ccccc2)n1. The number of hydrogen-bond acceptors (Lipinski definition) is 4. The molecule has 1 heterocycles. The Hall–Kier alpha value is -2.14. The lowest BCUT2D eigenvalue weighted by Crippen LogP contribution is -2.15. The predicted molar refractivity (Wildman–Crippen MR) is 58.1 cm³/mol. The molecular weight excluding hydrogens is 192 g/mol. The van der Waals surface area contributed by atoms with Gasteiger partial charge in [0.1, 0.15) is 11.6 Å². The number of hydrazine groups is 1. The lowest BCUT2D eigenvalue weighted by molar-refractivity contribution is 1.11. The maximum Gasteiger partial charge on any atom is 0.253 e. The first-order valence-electron chi connectivity index (χ1n) is 4.43. The van der Waals surface area contributed by atoms with E-state index in [0.717, 1.165) is 5.56 Å². The van der Waals surface area contributed by atoms with Gasteiger partial charge in [-0.3, -0.25) is 4.79 Å². The van der Waals surface area contributed by atoms with Crippen molar-refractivity contribution < 1.29 is 0 Å². The Morgan fingerprint density at radius 3 is 2.67 bits per heavy atom. The van der Waals surface area contributed by atoms with Crippen LogP contribution in [0.1, 0.15) is 0 Å². The summed E-state index contributed by atoms with van der Waals surface area (Å²) in [4.78, 5) is 18.0. The van der Waals surface area contributed by atoms with E-state index in [2.05, 4.69) is 15.4 Å². The highest BCUT2D eigenvalue weighted by Crippen LogP contribution is 2.13. The summed E-state index contributed by atoms with van der Waals surface area (Å²) >= 11 is 0. The van der Waals surface area contributed by atoms with Crippen molar-refractivity contribution in [2.45, 2.75) is 0 Å². The van der Waals surface area contributed by atoms with E-state index in [-0.39, 0.29) is 5.56 Å². The standard InChI is InChI=1S/C10H10N4O/c11-14-8-6-9(15)13-10(12-8)7-4-2-1-3-5-7/h1-6H,11H2,(H2,12,13,14,15). The minimum absolute atomic E-state index is 0.239.